The van der Waals surface area contributed by atoms with Crippen molar-refractivity contribution in [3.8, 4) is 0 Å². The molecule has 0 saturated carbocycles. The van der Waals surface area contributed by atoms with Crippen LogP contribution in [0, 0.1) is 0 Å². The first-order chi connectivity index (χ1) is 6.70. The third-order valence-electron chi connectivity index (χ3n) is 2.30. The van der Waals surface area contributed by atoms with Gasteiger partial charge in [0.15, 0.2) is 0 Å². The monoisotopic (exact) mass is 199 g/mol. The van der Waals surface area contributed by atoms with Gasteiger partial charge >= 0.3 is 6.03 Å². The lowest BCUT2D eigenvalue weighted by atomic mass is 10.4. The minimum atomic E-state index is -0.145. The van der Waals surface area contributed by atoms with Crippen molar-refractivity contribution in [2.75, 3.05) is 33.2 Å². The van der Waals surface area contributed by atoms with Gasteiger partial charge < -0.3 is 10.2 Å². The van der Waals surface area contributed by atoms with Gasteiger partial charge in [-0.3, -0.25) is 9.69 Å². The largest absolute Gasteiger partial charge is 0.327 e. The lowest BCUT2D eigenvalue weighted by molar-refractivity contribution is -0.125. The number of imide groups is 1. The third kappa shape index (κ3) is 2.23. The van der Waals surface area contributed by atoms with Crippen molar-refractivity contribution < 1.29 is 9.59 Å². The van der Waals surface area contributed by atoms with Gasteiger partial charge in [-0.25, -0.2) is 4.79 Å². The molecule has 1 saturated heterocycles. The van der Waals surface area contributed by atoms with Crippen LogP contribution in [0.2, 0.25) is 0 Å². The fourth-order valence-electron chi connectivity index (χ4n) is 1.53. The Morgan fingerprint density at radius 3 is 2.64 bits per heavy atom. The van der Waals surface area contributed by atoms with Crippen molar-refractivity contribution in [3.05, 3.63) is 0 Å². The second-order valence-electron chi connectivity index (χ2n) is 3.30. The molecule has 1 heterocycles. The van der Waals surface area contributed by atoms with Crippen LogP contribution in [0.4, 0.5) is 4.79 Å². The first kappa shape index (κ1) is 11.0. The Balaban J connectivity index is 2.41. The summed E-state index contributed by atoms with van der Waals surface area (Å²) in [6, 6.07) is -0.145. The van der Waals surface area contributed by atoms with Crippen LogP contribution in [-0.4, -0.2) is 55.0 Å². The maximum Gasteiger partial charge on any atom is 0.327 e. The molecule has 0 aliphatic carbocycles. The van der Waals surface area contributed by atoms with Gasteiger partial charge in [0.25, 0.3) is 0 Å². The Morgan fingerprint density at radius 1 is 1.43 bits per heavy atom. The molecule has 1 fully saturated rings. The van der Waals surface area contributed by atoms with Crippen LogP contribution in [-0.2, 0) is 4.79 Å². The molecule has 3 amide bonds. The number of carbonyl (C=O) groups excluding carboxylic acids is 2. The molecule has 1 rings (SSSR count). The van der Waals surface area contributed by atoms with Gasteiger partial charge in [-0.15, -0.1) is 0 Å². The van der Waals surface area contributed by atoms with E-state index in [1.807, 2.05) is 14.0 Å². The fourth-order valence-corrected chi connectivity index (χ4v) is 1.53. The number of hydrogen-bond acceptors (Lipinski definition) is 3. The molecule has 0 spiro atoms. The zero-order valence-corrected chi connectivity index (χ0v) is 8.75. The molecular weight excluding hydrogens is 182 g/mol. The van der Waals surface area contributed by atoms with Gasteiger partial charge in [0, 0.05) is 13.1 Å². The summed E-state index contributed by atoms with van der Waals surface area (Å²) in [6.45, 7) is 4.05. The Kier molecular flexibility index (Phi) is 3.88. The quantitative estimate of drug-likeness (QED) is 0.496. The Hall–Kier alpha value is -1.10. The SMILES string of the molecule is CCN1C(=O)CN(CCCNC)C1=O. The molecule has 1 aliphatic rings. The number of likely N-dealkylation sites (N-methyl/N-ethyl adjacent to an activating group) is 1. The van der Waals surface area contributed by atoms with Crippen LogP contribution >= 0.6 is 0 Å². The van der Waals surface area contributed by atoms with Crippen molar-refractivity contribution in [2.45, 2.75) is 13.3 Å². The lowest BCUT2D eigenvalue weighted by Gasteiger charge is -2.15. The van der Waals surface area contributed by atoms with Gasteiger partial charge in [0.1, 0.15) is 6.54 Å². The number of rotatable bonds is 5. The minimum absolute atomic E-state index is 0.0815. The van der Waals surface area contributed by atoms with E-state index in [0.717, 1.165) is 13.0 Å². The highest BCUT2D eigenvalue weighted by atomic mass is 16.2. The molecule has 1 N–H and O–H groups in total. The standard InChI is InChI=1S/C9H17N3O2/c1-3-12-8(13)7-11(9(12)14)6-4-5-10-2/h10H,3-7H2,1-2H3. The number of urea groups is 1. The molecule has 0 radical (unpaired) electrons. The second-order valence-corrected chi connectivity index (χ2v) is 3.30. The number of nitrogens with one attached hydrogen (secondary N) is 1. The van der Waals surface area contributed by atoms with E-state index in [2.05, 4.69) is 5.32 Å². The van der Waals surface area contributed by atoms with E-state index in [0.29, 0.717) is 13.1 Å². The van der Waals surface area contributed by atoms with Gasteiger partial charge in [-0.05, 0) is 26.9 Å². The van der Waals surface area contributed by atoms with E-state index >= 15 is 0 Å². The van der Waals surface area contributed by atoms with E-state index in [4.69, 9.17) is 0 Å². The van der Waals surface area contributed by atoms with Gasteiger partial charge in [0.05, 0.1) is 0 Å². The maximum absolute atomic E-state index is 11.6. The van der Waals surface area contributed by atoms with Crippen LogP contribution in [0.25, 0.3) is 0 Å². The highest BCUT2D eigenvalue weighted by Crippen LogP contribution is 2.09. The van der Waals surface area contributed by atoms with Gasteiger partial charge in [-0.1, -0.05) is 0 Å². The molecule has 0 aromatic carbocycles. The van der Waals surface area contributed by atoms with E-state index in [-0.39, 0.29) is 18.5 Å². The summed E-state index contributed by atoms with van der Waals surface area (Å²) >= 11 is 0. The molecular formula is C9H17N3O2. The van der Waals surface area contributed by atoms with Gasteiger partial charge in [0.2, 0.25) is 5.91 Å². The van der Waals surface area contributed by atoms with Crippen LogP contribution < -0.4 is 5.32 Å². The lowest BCUT2D eigenvalue weighted by Crippen LogP contribution is -2.33. The summed E-state index contributed by atoms with van der Waals surface area (Å²) in [5, 5.41) is 3.01. The first-order valence-electron chi connectivity index (χ1n) is 4.94. The molecule has 80 valence electrons. The average molecular weight is 199 g/mol. The average Bonchev–Trinajstić information content (AvgIpc) is 2.42. The highest BCUT2D eigenvalue weighted by Gasteiger charge is 2.33. The summed E-state index contributed by atoms with van der Waals surface area (Å²) in [5.74, 6) is -0.0815. The Bertz CT molecular complexity index is 230. The number of amides is 3. The molecule has 0 aromatic heterocycles. The second kappa shape index (κ2) is 4.95. The Labute approximate surface area is 84.0 Å². The molecule has 14 heavy (non-hydrogen) atoms. The van der Waals surface area contributed by atoms with Crippen LogP contribution in [0.15, 0.2) is 0 Å². The summed E-state index contributed by atoms with van der Waals surface area (Å²) in [7, 11) is 1.87. The Morgan fingerprint density at radius 2 is 2.14 bits per heavy atom. The zero-order chi connectivity index (χ0) is 10.6. The smallest absolute Gasteiger partial charge is 0.320 e. The summed E-state index contributed by atoms with van der Waals surface area (Å²) < 4.78 is 0. The number of carbonyl (C=O) groups is 2. The zero-order valence-electron chi connectivity index (χ0n) is 8.75. The fraction of sp³-hybridized carbons (Fsp3) is 0.778. The van der Waals surface area contributed by atoms with Gasteiger partial charge in [-0.2, -0.15) is 0 Å². The van der Waals surface area contributed by atoms with Crippen molar-refractivity contribution in [3.63, 3.8) is 0 Å². The molecule has 1 aliphatic heterocycles. The third-order valence-corrected chi connectivity index (χ3v) is 2.30. The molecule has 0 unspecified atom stereocenters. The molecule has 5 nitrogen and oxygen atoms in total. The van der Waals surface area contributed by atoms with Crippen LogP contribution in [0.3, 0.4) is 0 Å². The van der Waals surface area contributed by atoms with Crippen molar-refractivity contribution in [2.24, 2.45) is 0 Å². The van der Waals surface area contributed by atoms with Crippen molar-refractivity contribution in [1.29, 1.82) is 0 Å². The maximum atomic E-state index is 11.6. The molecule has 5 heteroatoms. The van der Waals surface area contributed by atoms with Crippen LogP contribution in [0.5, 0.6) is 0 Å². The summed E-state index contributed by atoms with van der Waals surface area (Å²) in [4.78, 5) is 25.7. The van der Waals surface area contributed by atoms with E-state index in [1.54, 1.807) is 4.90 Å². The molecule has 0 bridgehead atoms. The van der Waals surface area contributed by atoms with E-state index in [9.17, 15) is 9.59 Å². The summed E-state index contributed by atoms with van der Waals surface area (Å²) in [6.07, 6.45) is 0.882. The first-order valence-corrected chi connectivity index (χ1v) is 4.94. The highest BCUT2D eigenvalue weighted by molar-refractivity contribution is 6.01. The van der Waals surface area contributed by atoms with Crippen molar-refractivity contribution >= 4 is 11.9 Å². The topological polar surface area (TPSA) is 52.7 Å². The predicted octanol–water partition coefficient (Wildman–Crippen LogP) is -0.120. The normalized spacial score (nSPS) is 17.0. The predicted molar refractivity (Wildman–Crippen MR) is 52.9 cm³/mol. The summed E-state index contributed by atoms with van der Waals surface area (Å²) in [5.41, 5.74) is 0. The van der Waals surface area contributed by atoms with Crippen LogP contribution in [0.1, 0.15) is 13.3 Å². The van der Waals surface area contributed by atoms with E-state index in [1.165, 1.54) is 4.90 Å². The van der Waals surface area contributed by atoms with E-state index < -0.39 is 0 Å². The van der Waals surface area contributed by atoms with Crippen molar-refractivity contribution in [1.82, 2.24) is 15.1 Å². The molecule has 0 atom stereocenters. The molecule has 0 aromatic rings. The number of hydrogen-bond donors (Lipinski definition) is 1. The number of nitrogens with zero attached hydrogens (tertiary/aromatic N) is 2. The minimum Gasteiger partial charge on any atom is -0.320 e.